The van der Waals surface area contributed by atoms with E-state index in [1.165, 1.54) is 11.3 Å². The van der Waals surface area contributed by atoms with Crippen LogP contribution in [0.5, 0.6) is 0 Å². The quantitative estimate of drug-likeness (QED) is 0.788. The molecule has 0 radical (unpaired) electrons. The highest BCUT2D eigenvalue weighted by Crippen LogP contribution is 2.34. The molecule has 108 valence electrons. The minimum Gasteiger partial charge on any atom is -0.277 e. The van der Waals surface area contributed by atoms with Crippen molar-refractivity contribution in [1.82, 2.24) is 15.2 Å². The van der Waals surface area contributed by atoms with Crippen molar-refractivity contribution in [3.8, 4) is 10.7 Å². The first kappa shape index (κ1) is 13.0. The number of nitrogens with one attached hydrogen (secondary N) is 1. The smallest absolute Gasteiger partial charge is 0.151 e. The van der Waals surface area contributed by atoms with Crippen LogP contribution in [0.25, 0.3) is 21.6 Å². The third-order valence-corrected chi connectivity index (χ3v) is 6.48. The first-order valence-electron chi connectivity index (χ1n) is 6.72. The molecule has 1 fully saturated rings. The lowest BCUT2D eigenvalue weighted by molar-refractivity contribution is 0.601. The average Bonchev–Trinajstić information content (AvgIpc) is 3.15. The molecule has 1 aliphatic heterocycles. The molecule has 5 nitrogen and oxygen atoms in total. The Balaban J connectivity index is 1.72. The molecule has 1 atom stereocenters. The van der Waals surface area contributed by atoms with E-state index in [0.29, 0.717) is 6.42 Å². The predicted octanol–water partition coefficient (Wildman–Crippen LogP) is 2.59. The van der Waals surface area contributed by atoms with Gasteiger partial charge in [-0.1, -0.05) is 18.2 Å². The highest BCUT2D eigenvalue weighted by molar-refractivity contribution is 7.91. The first-order chi connectivity index (χ1) is 10.1. The van der Waals surface area contributed by atoms with Crippen LogP contribution >= 0.6 is 11.3 Å². The summed E-state index contributed by atoms with van der Waals surface area (Å²) < 4.78 is 23.2. The Bertz CT molecular complexity index is 911. The maximum atomic E-state index is 11.6. The van der Waals surface area contributed by atoms with Crippen molar-refractivity contribution in [2.45, 2.75) is 12.3 Å². The number of benzene rings is 1. The zero-order chi connectivity index (χ0) is 14.4. The molecular formula is C14H13N3O2S2. The van der Waals surface area contributed by atoms with Gasteiger partial charge in [-0.15, -0.1) is 11.3 Å². The lowest BCUT2D eigenvalue weighted by atomic mass is 10.1. The Morgan fingerprint density at radius 2 is 2.14 bits per heavy atom. The number of thiazole rings is 1. The van der Waals surface area contributed by atoms with Crippen LogP contribution in [0.3, 0.4) is 0 Å². The Morgan fingerprint density at radius 3 is 2.95 bits per heavy atom. The van der Waals surface area contributed by atoms with E-state index < -0.39 is 9.84 Å². The molecule has 7 heteroatoms. The van der Waals surface area contributed by atoms with Gasteiger partial charge in [-0.05, 0) is 12.5 Å². The van der Waals surface area contributed by atoms with Gasteiger partial charge in [0.2, 0.25) is 0 Å². The predicted molar refractivity (Wildman–Crippen MR) is 83.2 cm³/mol. The summed E-state index contributed by atoms with van der Waals surface area (Å²) in [6.07, 6.45) is 0.673. The van der Waals surface area contributed by atoms with Gasteiger partial charge < -0.3 is 0 Å². The molecule has 0 aliphatic carbocycles. The number of aromatic nitrogens is 3. The zero-order valence-corrected chi connectivity index (χ0v) is 12.7. The van der Waals surface area contributed by atoms with Gasteiger partial charge in [0.15, 0.2) is 9.84 Å². The van der Waals surface area contributed by atoms with Gasteiger partial charge in [-0.3, -0.25) is 5.10 Å². The fourth-order valence-corrected chi connectivity index (χ4v) is 5.40. The summed E-state index contributed by atoms with van der Waals surface area (Å²) in [5, 5.41) is 11.2. The van der Waals surface area contributed by atoms with Crippen molar-refractivity contribution in [3.63, 3.8) is 0 Å². The molecule has 3 heterocycles. The number of sulfone groups is 1. The van der Waals surface area contributed by atoms with Gasteiger partial charge in [-0.2, -0.15) is 5.10 Å². The van der Waals surface area contributed by atoms with Crippen LogP contribution in [0.2, 0.25) is 0 Å². The number of fused-ring (bicyclic) bond motifs is 1. The maximum absolute atomic E-state index is 11.6. The second-order valence-corrected chi connectivity index (χ2v) is 8.38. The Kier molecular flexibility index (Phi) is 2.87. The molecule has 0 saturated carbocycles. The molecule has 1 N–H and O–H groups in total. The van der Waals surface area contributed by atoms with Crippen LogP contribution in [0.4, 0.5) is 0 Å². The molecule has 2 aromatic heterocycles. The van der Waals surface area contributed by atoms with E-state index in [9.17, 15) is 8.42 Å². The van der Waals surface area contributed by atoms with E-state index in [1.54, 1.807) is 0 Å². The number of aromatic amines is 1. The number of rotatable bonds is 2. The molecule has 3 aromatic rings. The van der Waals surface area contributed by atoms with Gasteiger partial charge in [0.1, 0.15) is 10.7 Å². The summed E-state index contributed by atoms with van der Waals surface area (Å²) in [5.41, 5.74) is 2.69. The minimum atomic E-state index is -2.88. The van der Waals surface area contributed by atoms with Gasteiger partial charge in [0.05, 0.1) is 22.7 Å². The summed E-state index contributed by atoms with van der Waals surface area (Å²) in [6, 6.07) is 7.92. The number of hydrogen-bond acceptors (Lipinski definition) is 5. The van der Waals surface area contributed by atoms with E-state index in [4.69, 9.17) is 0 Å². The number of nitrogens with zero attached hydrogens (tertiary/aromatic N) is 2. The normalized spacial score (nSPS) is 21.0. The standard InChI is InChI=1S/C14H13N3O2S2/c18-21(19)6-5-9(8-21)12-7-20-14(15-12)13-10-3-1-2-4-11(10)16-17-13/h1-4,7,9H,5-6,8H2,(H,16,17)/t9-/m0/s1. The Hall–Kier alpha value is -1.73. The van der Waals surface area contributed by atoms with E-state index in [-0.39, 0.29) is 17.4 Å². The molecular weight excluding hydrogens is 306 g/mol. The zero-order valence-electron chi connectivity index (χ0n) is 11.1. The largest absolute Gasteiger partial charge is 0.277 e. The number of hydrogen-bond donors (Lipinski definition) is 1. The van der Waals surface area contributed by atoms with Gasteiger partial charge >= 0.3 is 0 Å². The van der Waals surface area contributed by atoms with Crippen molar-refractivity contribution in [2.24, 2.45) is 0 Å². The van der Waals surface area contributed by atoms with E-state index in [2.05, 4.69) is 15.2 Å². The number of para-hydroxylation sites is 1. The average molecular weight is 319 g/mol. The van der Waals surface area contributed by atoms with Crippen LogP contribution in [-0.2, 0) is 9.84 Å². The van der Waals surface area contributed by atoms with Crippen LogP contribution < -0.4 is 0 Å². The van der Waals surface area contributed by atoms with Crippen molar-refractivity contribution in [1.29, 1.82) is 0 Å². The van der Waals surface area contributed by atoms with Crippen molar-refractivity contribution >= 4 is 32.1 Å². The van der Waals surface area contributed by atoms with Crippen molar-refractivity contribution in [3.05, 3.63) is 35.3 Å². The first-order valence-corrected chi connectivity index (χ1v) is 9.42. The van der Waals surface area contributed by atoms with Gasteiger partial charge in [-0.25, -0.2) is 13.4 Å². The molecule has 1 aliphatic rings. The molecule has 21 heavy (non-hydrogen) atoms. The van der Waals surface area contributed by atoms with Crippen molar-refractivity contribution in [2.75, 3.05) is 11.5 Å². The SMILES string of the molecule is O=S1(=O)CC[C@H](c2csc(-c3n[nH]c4ccccc34)n2)C1. The lowest BCUT2D eigenvalue weighted by Gasteiger charge is -2.01. The molecule has 0 unspecified atom stereocenters. The second-order valence-electron chi connectivity index (χ2n) is 5.30. The molecule has 1 saturated heterocycles. The third kappa shape index (κ3) is 2.26. The van der Waals surface area contributed by atoms with Crippen molar-refractivity contribution < 1.29 is 8.42 Å². The Labute approximate surface area is 126 Å². The van der Waals surface area contributed by atoms with Crippen LogP contribution in [0, 0.1) is 0 Å². The van der Waals surface area contributed by atoms with E-state index in [1.807, 2.05) is 29.6 Å². The van der Waals surface area contributed by atoms with Gasteiger partial charge in [0.25, 0.3) is 0 Å². The summed E-state index contributed by atoms with van der Waals surface area (Å²) in [4.78, 5) is 4.62. The van der Waals surface area contributed by atoms with Gasteiger partial charge in [0, 0.05) is 16.7 Å². The number of H-pyrrole nitrogens is 1. The van der Waals surface area contributed by atoms with E-state index >= 15 is 0 Å². The third-order valence-electron chi connectivity index (χ3n) is 3.85. The fraction of sp³-hybridized carbons (Fsp3) is 0.286. The second kappa shape index (κ2) is 4.64. The highest BCUT2D eigenvalue weighted by atomic mass is 32.2. The topological polar surface area (TPSA) is 75.7 Å². The Morgan fingerprint density at radius 1 is 1.29 bits per heavy atom. The summed E-state index contributed by atoms with van der Waals surface area (Å²) in [7, 11) is -2.88. The summed E-state index contributed by atoms with van der Waals surface area (Å²) >= 11 is 1.52. The summed E-state index contributed by atoms with van der Waals surface area (Å²) in [6.45, 7) is 0. The maximum Gasteiger partial charge on any atom is 0.151 e. The fourth-order valence-electron chi connectivity index (χ4n) is 2.74. The molecule has 0 spiro atoms. The van der Waals surface area contributed by atoms with Crippen LogP contribution in [0.1, 0.15) is 18.0 Å². The minimum absolute atomic E-state index is 0.0326. The molecule has 0 bridgehead atoms. The van der Waals surface area contributed by atoms with Crippen LogP contribution in [0.15, 0.2) is 29.6 Å². The summed E-state index contributed by atoms with van der Waals surface area (Å²) in [5.74, 6) is 0.526. The highest BCUT2D eigenvalue weighted by Gasteiger charge is 2.30. The monoisotopic (exact) mass is 319 g/mol. The molecule has 4 rings (SSSR count). The molecule has 0 amide bonds. The van der Waals surface area contributed by atoms with Crippen LogP contribution in [-0.4, -0.2) is 35.1 Å². The molecule has 1 aromatic carbocycles. The van der Waals surface area contributed by atoms with E-state index in [0.717, 1.165) is 27.3 Å². The lowest BCUT2D eigenvalue weighted by Crippen LogP contribution is -2.03.